The van der Waals surface area contributed by atoms with Crippen LogP contribution in [-0.2, 0) is 0 Å². The highest BCUT2D eigenvalue weighted by atomic mass is 16.3. The lowest BCUT2D eigenvalue weighted by Gasteiger charge is -2.25. The SMILES string of the molecule is NCCNc1ncc(N2CC(O)CC2CO)cc1N. The lowest BCUT2D eigenvalue weighted by atomic mass is 10.2. The molecule has 19 heavy (non-hydrogen) atoms. The fourth-order valence-corrected chi connectivity index (χ4v) is 2.35. The molecule has 1 aliphatic heterocycles. The van der Waals surface area contributed by atoms with Crippen LogP contribution in [0, 0.1) is 0 Å². The predicted octanol–water partition coefficient (Wildman–Crippen LogP) is -1.03. The second kappa shape index (κ2) is 6.05. The van der Waals surface area contributed by atoms with Crippen molar-refractivity contribution in [2.75, 3.05) is 42.2 Å². The molecule has 0 aliphatic carbocycles. The molecule has 7 heteroatoms. The van der Waals surface area contributed by atoms with E-state index >= 15 is 0 Å². The van der Waals surface area contributed by atoms with Crippen LogP contribution in [0.25, 0.3) is 0 Å². The van der Waals surface area contributed by atoms with Gasteiger partial charge in [-0.15, -0.1) is 0 Å². The van der Waals surface area contributed by atoms with Gasteiger partial charge in [-0.25, -0.2) is 4.98 Å². The van der Waals surface area contributed by atoms with Crippen LogP contribution in [0.15, 0.2) is 12.3 Å². The lowest BCUT2D eigenvalue weighted by molar-refractivity contribution is 0.184. The maximum absolute atomic E-state index is 9.67. The van der Waals surface area contributed by atoms with Crippen LogP contribution in [0.5, 0.6) is 0 Å². The van der Waals surface area contributed by atoms with Crippen molar-refractivity contribution < 1.29 is 10.2 Å². The minimum atomic E-state index is -0.423. The van der Waals surface area contributed by atoms with Crippen molar-refractivity contribution >= 4 is 17.2 Å². The average molecular weight is 267 g/mol. The molecule has 0 saturated carbocycles. The Morgan fingerprint density at radius 3 is 2.95 bits per heavy atom. The van der Waals surface area contributed by atoms with Crippen LogP contribution in [0.2, 0.25) is 0 Å². The topological polar surface area (TPSA) is 121 Å². The van der Waals surface area contributed by atoms with Gasteiger partial charge in [0.1, 0.15) is 5.82 Å². The summed E-state index contributed by atoms with van der Waals surface area (Å²) < 4.78 is 0. The van der Waals surface area contributed by atoms with Crippen LogP contribution in [0.3, 0.4) is 0 Å². The van der Waals surface area contributed by atoms with Gasteiger partial charge in [0.25, 0.3) is 0 Å². The number of pyridine rings is 1. The first-order valence-corrected chi connectivity index (χ1v) is 6.40. The molecule has 1 aromatic heterocycles. The number of β-amino-alcohol motifs (C(OH)–C–C–N with tert-alkyl or cyclic N) is 1. The van der Waals surface area contributed by atoms with E-state index in [2.05, 4.69) is 10.3 Å². The van der Waals surface area contributed by atoms with Gasteiger partial charge in [0.15, 0.2) is 0 Å². The van der Waals surface area contributed by atoms with Gasteiger partial charge in [0.05, 0.1) is 36.3 Å². The highest BCUT2D eigenvalue weighted by Gasteiger charge is 2.30. The van der Waals surface area contributed by atoms with Gasteiger partial charge in [-0.1, -0.05) is 0 Å². The van der Waals surface area contributed by atoms with Gasteiger partial charge in [-0.3, -0.25) is 0 Å². The summed E-state index contributed by atoms with van der Waals surface area (Å²) in [4.78, 5) is 6.19. The van der Waals surface area contributed by atoms with Gasteiger partial charge < -0.3 is 31.9 Å². The zero-order valence-electron chi connectivity index (χ0n) is 10.8. The van der Waals surface area contributed by atoms with E-state index in [4.69, 9.17) is 11.5 Å². The van der Waals surface area contributed by atoms with Gasteiger partial charge in [0.2, 0.25) is 0 Å². The molecule has 2 unspecified atom stereocenters. The molecule has 2 rings (SSSR count). The highest BCUT2D eigenvalue weighted by Crippen LogP contribution is 2.28. The Balaban J connectivity index is 2.15. The molecule has 1 saturated heterocycles. The maximum atomic E-state index is 9.67. The Hall–Kier alpha value is -1.57. The number of aliphatic hydroxyl groups excluding tert-OH is 2. The monoisotopic (exact) mass is 267 g/mol. The first kappa shape index (κ1) is 13.9. The third kappa shape index (κ3) is 3.06. The van der Waals surface area contributed by atoms with Crippen LogP contribution in [-0.4, -0.2) is 53.6 Å². The molecule has 2 atom stereocenters. The third-order valence-electron chi connectivity index (χ3n) is 3.27. The molecule has 0 spiro atoms. The first-order valence-electron chi connectivity index (χ1n) is 6.40. The average Bonchev–Trinajstić information content (AvgIpc) is 2.78. The molecule has 106 valence electrons. The lowest BCUT2D eigenvalue weighted by Crippen LogP contribution is -2.32. The molecule has 1 fully saturated rings. The van der Waals surface area contributed by atoms with Crippen molar-refractivity contribution in [3.8, 4) is 0 Å². The van der Waals surface area contributed by atoms with E-state index in [0.717, 1.165) is 5.69 Å². The molecule has 0 bridgehead atoms. The first-order chi connectivity index (χ1) is 9.15. The van der Waals surface area contributed by atoms with Crippen molar-refractivity contribution in [1.82, 2.24) is 4.98 Å². The molecule has 0 aromatic carbocycles. The maximum Gasteiger partial charge on any atom is 0.149 e. The Bertz CT molecular complexity index is 429. The van der Waals surface area contributed by atoms with Crippen molar-refractivity contribution in [3.63, 3.8) is 0 Å². The Labute approximate surface area is 112 Å². The van der Waals surface area contributed by atoms with Crippen molar-refractivity contribution in [1.29, 1.82) is 0 Å². The van der Waals surface area contributed by atoms with E-state index < -0.39 is 6.10 Å². The van der Waals surface area contributed by atoms with Gasteiger partial charge in [-0.05, 0) is 12.5 Å². The van der Waals surface area contributed by atoms with E-state index in [1.165, 1.54) is 0 Å². The van der Waals surface area contributed by atoms with Crippen LogP contribution in [0.4, 0.5) is 17.2 Å². The van der Waals surface area contributed by atoms with Crippen molar-refractivity contribution in [2.45, 2.75) is 18.6 Å². The van der Waals surface area contributed by atoms with Crippen LogP contribution >= 0.6 is 0 Å². The number of aliphatic hydroxyl groups is 2. The highest BCUT2D eigenvalue weighted by molar-refractivity contribution is 5.67. The summed E-state index contributed by atoms with van der Waals surface area (Å²) in [6.45, 7) is 1.61. The quantitative estimate of drug-likeness (QED) is 0.462. The second-order valence-corrected chi connectivity index (χ2v) is 4.73. The Kier molecular flexibility index (Phi) is 4.41. The van der Waals surface area contributed by atoms with E-state index in [-0.39, 0.29) is 12.6 Å². The number of hydrogen-bond donors (Lipinski definition) is 5. The minimum absolute atomic E-state index is 0.00411. The number of nitrogens with one attached hydrogen (secondary N) is 1. The smallest absolute Gasteiger partial charge is 0.149 e. The number of nitrogens with zero attached hydrogens (tertiary/aromatic N) is 2. The van der Waals surface area contributed by atoms with E-state index in [0.29, 0.717) is 37.6 Å². The largest absolute Gasteiger partial charge is 0.396 e. The molecule has 2 heterocycles. The number of anilines is 3. The number of rotatable bonds is 5. The Morgan fingerprint density at radius 1 is 1.53 bits per heavy atom. The molecule has 1 aliphatic rings. The standard InChI is InChI=1S/C12H21N5O2/c13-1-2-15-12-11(14)4-8(5-16-12)17-6-10(19)3-9(17)7-18/h4-5,9-10,18-19H,1-3,6-7,13-14H2,(H,15,16). The molecule has 0 radical (unpaired) electrons. The van der Waals surface area contributed by atoms with Crippen LogP contribution < -0.4 is 21.7 Å². The number of aromatic nitrogens is 1. The van der Waals surface area contributed by atoms with E-state index in [9.17, 15) is 10.2 Å². The fourth-order valence-electron chi connectivity index (χ4n) is 2.35. The molecule has 7 N–H and O–H groups in total. The number of hydrogen-bond acceptors (Lipinski definition) is 7. The van der Waals surface area contributed by atoms with E-state index in [1.807, 2.05) is 4.90 Å². The van der Waals surface area contributed by atoms with Crippen molar-refractivity contribution in [3.05, 3.63) is 12.3 Å². The normalized spacial score (nSPS) is 22.8. The molecular weight excluding hydrogens is 246 g/mol. The predicted molar refractivity (Wildman–Crippen MR) is 75.0 cm³/mol. The van der Waals surface area contributed by atoms with Crippen molar-refractivity contribution in [2.24, 2.45) is 5.73 Å². The fraction of sp³-hybridized carbons (Fsp3) is 0.583. The number of nitrogens with two attached hydrogens (primary N) is 2. The van der Waals surface area contributed by atoms with Crippen LogP contribution in [0.1, 0.15) is 6.42 Å². The summed E-state index contributed by atoms with van der Waals surface area (Å²) in [6, 6.07) is 1.71. The molecule has 0 amide bonds. The third-order valence-corrected chi connectivity index (χ3v) is 3.27. The Morgan fingerprint density at radius 2 is 2.32 bits per heavy atom. The van der Waals surface area contributed by atoms with E-state index in [1.54, 1.807) is 12.3 Å². The summed E-state index contributed by atoms with van der Waals surface area (Å²) in [5.41, 5.74) is 12.7. The second-order valence-electron chi connectivity index (χ2n) is 4.73. The van der Waals surface area contributed by atoms with Gasteiger partial charge in [0, 0.05) is 19.6 Å². The molecule has 1 aromatic rings. The van der Waals surface area contributed by atoms with Gasteiger partial charge in [-0.2, -0.15) is 0 Å². The molecule has 7 nitrogen and oxygen atoms in total. The summed E-state index contributed by atoms with van der Waals surface area (Å²) in [7, 11) is 0. The summed E-state index contributed by atoms with van der Waals surface area (Å²) in [6.07, 6.45) is 1.83. The summed E-state index contributed by atoms with van der Waals surface area (Å²) >= 11 is 0. The number of nitrogen functional groups attached to an aromatic ring is 1. The summed E-state index contributed by atoms with van der Waals surface area (Å²) in [5, 5.41) is 22.0. The van der Waals surface area contributed by atoms with Gasteiger partial charge >= 0.3 is 0 Å². The zero-order chi connectivity index (χ0) is 13.8. The zero-order valence-corrected chi connectivity index (χ0v) is 10.8. The minimum Gasteiger partial charge on any atom is -0.396 e. The summed E-state index contributed by atoms with van der Waals surface area (Å²) in [5.74, 6) is 0.606. The molecular formula is C12H21N5O2.